The van der Waals surface area contributed by atoms with Gasteiger partial charge in [0.2, 0.25) is 5.43 Å². The summed E-state index contributed by atoms with van der Waals surface area (Å²) in [6, 6.07) is 2.07. The molecule has 1 aliphatic rings. The SMILES string of the molecule is [2H]C([2H])([2H])C([2H])([2H])n1cc(C(=O)O)c(=O)c2cc(F)c(N3CCN(C)CC3)cc21. The van der Waals surface area contributed by atoms with Gasteiger partial charge in [-0.1, -0.05) is 0 Å². The minimum atomic E-state index is -3.16. The summed E-state index contributed by atoms with van der Waals surface area (Å²) in [6.45, 7) is -3.88. The van der Waals surface area contributed by atoms with Gasteiger partial charge in [0.25, 0.3) is 0 Å². The van der Waals surface area contributed by atoms with E-state index >= 15 is 0 Å². The third-order valence-corrected chi connectivity index (χ3v) is 4.27. The number of benzene rings is 1. The molecule has 1 aromatic carbocycles. The molecule has 128 valence electrons. The van der Waals surface area contributed by atoms with Crippen LogP contribution in [0.25, 0.3) is 10.9 Å². The zero-order valence-electron chi connectivity index (χ0n) is 18.0. The Bertz CT molecular complexity index is 1030. The maximum Gasteiger partial charge on any atom is 0.341 e. The number of rotatable bonds is 3. The molecule has 6 nitrogen and oxygen atoms in total. The second kappa shape index (κ2) is 6.24. The first-order valence-corrected chi connectivity index (χ1v) is 7.41. The first-order chi connectivity index (χ1) is 13.3. The third kappa shape index (κ3) is 2.75. The highest BCUT2D eigenvalue weighted by Crippen LogP contribution is 2.26. The van der Waals surface area contributed by atoms with E-state index < -0.39 is 41.5 Å². The van der Waals surface area contributed by atoms with E-state index in [1.54, 1.807) is 4.90 Å². The zero-order chi connectivity index (χ0) is 21.7. The number of carboxylic acids is 1. The zero-order valence-corrected chi connectivity index (χ0v) is 13.0. The Morgan fingerprint density at radius 1 is 1.38 bits per heavy atom. The summed E-state index contributed by atoms with van der Waals surface area (Å²) in [5, 5.41) is 8.89. The van der Waals surface area contributed by atoms with Crippen molar-refractivity contribution in [3.8, 4) is 0 Å². The molecule has 7 heteroatoms. The van der Waals surface area contributed by atoms with Gasteiger partial charge in [0.15, 0.2) is 0 Å². The van der Waals surface area contributed by atoms with Crippen molar-refractivity contribution in [1.29, 1.82) is 0 Å². The van der Waals surface area contributed by atoms with Crippen molar-refractivity contribution in [2.45, 2.75) is 13.3 Å². The minimum Gasteiger partial charge on any atom is -0.477 e. The van der Waals surface area contributed by atoms with Crippen LogP contribution in [0, 0.1) is 5.82 Å². The van der Waals surface area contributed by atoms with Crippen LogP contribution in [0.1, 0.15) is 24.1 Å². The Balaban J connectivity index is 2.33. The summed E-state index contributed by atoms with van der Waals surface area (Å²) in [4.78, 5) is 27.8. The molecule has 1 N–H and O–H groups in total. The maximum absolute atomic E-state index is 14.8. The second-order valence-corrected chi connectivity index (χ2v) is 5.77. The predicted octanol–water partition coefficient (Wildman–Crippen LogP) is 1.61. The van der Waals surface area contributed by atoms with Crippen LogP contribution in [0.2, 0.25) is 0 Å². The van der Waals surface area contributed by atoms with E-state index in [-0.39, 0.29) is 11.2 Å². The van der Waals surface area contributed by atoms with Crippen LogP contribution in [0.15, 0.2) is 23.1 Å². The van der Waals surface area contributed by atoms with Crippen LogP contribution in [0.3, 0.4) is 0 Å². The highest BCUT2D eigenvalue weighted by Gasteiger charge is 2.21. The lowest BCUT2D eigenvalue weighted by molar-refractivity contribution is 0.0695. The molecule has 0 spiro atoms. The van der Waals surface area contributed by atoms with Crippen molar-refractivity contribution in [2.24, 2.45) is 0 Å². The molecule has 3 rings (SSSR count). The summed E-state index contributed by atoms with van der Waals surface area (Å²) >= 11 is 0. The van der Waals surface area contributed by atoms with Gasteiger partial charge in [-0.15, -0.1) is 0 Å². The molecule has 0 unspecified atom stereocenters. The number of halogens is 1. The van der Waals surface area contributed by atoms with Gasteiger partial charge in [0.05, 0.1) is 11.2 Å². The molecule has 1 aromatic heterocycles. The van der Waals surface area contributed by atoms with Gasteiger partial charge in [-0.2, -0.15) is 0 Å². The summed E-state index contributed by atoms with van der Waals surface area (Å²) in [5.41, 5.74) is -1.93. The molecular weight excluding hydrogens is 313 g/mol. The second-order valence-electron chi connectivity index (χ2n) is 5.77. The standard InChI is InChI=1S/C17H20FN3O3/c1-3-20-10-12(17(23)24)16(22)11-8-13(18)15(9-14(11)20)21-6-4-19(2)5-7-21/h8-10H,3-7H2,1-2H3,(H,23,24)/i1D3,3D2. The lowest BCUT2D eigenvalue weighted by atomic mass is 10.1. The van der Waals surface area contributed by atoms with Gasteiger partial charge in [0.1, 0.15) is 11.4 Å². The number of nitrogens with zero attached hydrogens (tertiary/aromatic N) is 3. The summed E-state index contributed by atoms with van der Waals surface area (Å²) in [5.74, 6) is -2.42. The van der Waals surface area contributed by atoms with Crippen LogP contribution >= 0.6 is 0 Å². The van der Waals surface area contributed by atoms with Crippen molar-refractivity contribution < 1.29 is 21.1 Å². The van der Waals surface area contributed by atoms with E-state index in [4.69, 9.17) is 6.85 Å². The molecule has 1 aliphatic heterocycles. The molecule has 0 aliphatic carbocycles. The van der Waals surface area contributed by atoms with Crippen LogP contribution < -0.4 is 10.3 Å². The average molecular weight is 338 g/mol. The van der Waals surface area contributed by atoms with Crippen molar-refractivity contribution >= 4 is 22.6 Å². The van der Waals surface area contributed by atoms with Gasteiger partial charge in [-0.25, -0.2) is 9.18 Å². The number of anilines is 1. The lowest BCUT2D eigenvalue weighted by Crippen LogP contribution is -2.44. The van der Waals surface area contributed by atoms with Crippen LogP contribution in [0.5, 0.6) is 0 Å². The van der Waals surface area contributed by atoms with Gasteiger partial charge < -0.3 is 19.5 Å². The molecule has 0 bridgehead atoms. The number of aromatic nitrogens is 1. The fraction of sp³-hybridized carbons (Fsp3) is 0.412. The van der Waals surface area contributed by atoms with Crippen molar-refractivity contribution in [3.63, 3.8) is 0 Å². The molecule has 1 saturated heterocycles. The Hall–Kier alpha value is -2.41. The van der Waals surface area contributed by atoms with Crippen molar-refractivity contribution in [2.75, 3.05) is 38.1 Å². The highest BCUT2D eigenvalue weighted by molar-refractivity contribution is 5.93. The monoisotopic (exact) mass is 338 g/mol. The number of carboxylic acid groups (broad SMARTS) is 1. The molecule has 0 atom stereocenters. The molecule has 0 saturated carbocycles. The number of fused-ring (bicyclic) bond motifs is 1. The average Bonchev–Trinajstić information content (AvgIpc) is 2.61. The number of aromatic carboxylic acids is 1. The fourth-order valence-corrected chi connectivity index (χ4v) is 2.87. The summed E-state index contributed by atoms with van der Waals surface area (Å²) in [6.07, 6.45) is 0.672. The van der Waals surface area contributed by atoms with E-state index in [0.717, 1.165) is 6.07 Å². The van der Waals surface area contributed by atoms with Crippen LogP contribution in [-0.2, 0) is 6.50 Å². The van der Waals surface area contributed by atoms with Gasteiger partial charge in [-0.3, -0.25) is 4.79 Å². The number of hydrogen-bond donors (Lipinski definition) is 1. The number of hydrogen-bond acceptors (Lipinski definition) is 4. The Labute approximate surface area is 145 Å². The largest absolute Gasteiger partial charge is 0.477 e. The molecule has 2 aromatic rings. The molecule has 24 heavy (non-hydrogen) atoms. The number of likely N-dealkylation sites (N-methyl/N-ethyl adjacent to an activating group) is 1. The minimum absolute atomic E-state index is 0.100. The molecule has 0 radical (unpaired) electrons. The Kier molecular flexibility index (Phi) is 2.91. The quantitative estimate of drug-likeness (QED) is 0.921. The Morgan fingerprint density at radius 2 is 2.08 bits per heavy atom. The highest BCUT2D eigenvalue weighted by atomic mass is 19.1. The Morgan fingerprint density at radius 3 is 2.71 bits per heavy atom. The molecule has 1 fully saturated rings. The number of piperazine rings is 1. The van der Waals surface area contributed by atoms with E-state index in [1.807, 2.05) is 7.05 Å². The van der Waals surface area contributed by atoms with Crippen molar-refractivity contribution in [3.05, 3.63) is 39.9 Å². The number of carbonyl (C=O) groups is 1. The van der Waals surface area contributed by atoms with E-state index in [1.165, 1.54) is 6.07 Å². The molecular formula is C17H20FN3O3. The van der Waals surface area contributed by atoms with Gasteiger partial charge >= 0.3 is 5.97 Å². The first-order valence-electron chi connectivity index (χ1n) is 9.91. The summed E-state index contributed by atoms with van der Waals surface area (Å²) < 4.78 is 54.1. The smallest absolute Gasteiger partial charge is 0.341 e. The topological polar surface area (TPSA) is 65.8 Å². The number of pyridine rings is 1. The van der Waals surface area contributed by atoms with E-state index in [9.17, 15) is 19.1 Å². The summed E-state index contributed by atoms with van der Waals surface area (Å²) in [7, 11) is 1.92. The maximum atomic E-state index is 14.8. The third-order valence-electron chi connectivity index (χ3n) is 4.27. The molecule has 2 heterocycles. The molecule has 0 amide bonds. The van der Waals surface area contributed by atoms with Gasteiger partial charge in [-0.05, 0) is 26.0 Å². The van der Waals surface area contributed by atoms with Gasteiger partial charge in [0, 0.05) is 51.1 Å². The van der Waals surface area contributed by atoms with E-state index in [0.29, 0.717) is 36.9 Å². The lowest BCUT2D eigenvalue weighted by Gasteiger charge is -2.34. The predicted molar refractivity (Wildman–Crippen MR) is 90.5 cm³/mol. The first kappa shape index (κ1) is 11.2. The number of aryl methyl sites for hydroxylation is 1. The normalized spacial score (nSPS) is 20.1. The van der Waals surface area contributed by atoms with Crippen LogP contribution in [-0.4, -0.2) is 53.8 Å². The fourth-order valence-electron chi connectivity index (χ4n) is 2.87. The van der Waals surface area contributed by atoms with Crippen molar-refractivity contribution in [1.82, 2.24) is 9.47 Å². The van der Waals surface area contributed by atoms with E-state index in [2.05, 4.69) is 4.90 Å². The van der Waals surface area contributed by atoms with Crippen LogP contribution in [0.4, 0.5) is 10.1 Å².